The summed E-state index contributed by atoms with van der Waals surface area (Å²) in [5.74, 6) is -0.0794. The summed E-state index contributed by atoms with van der Waals surface area (Å²) in [5, 5.41) is 0.0417. The number of benzene rings is 1. The summed E-state index contributed by atoms with van der Waals surface area (Å²) in [7, 11) is 0. The van der Waals surface area contributed by atoms with Crippen molar-refractivity contribution in [1.82, 2.24) is 9.97 Å². The summed E-state index contributed by atoms with van der Waals surface area (Å²) in [6.45, 7) is 1.31. The molecule has 0 bridgehead atoms. The van der Waals surface area contributed by atoms with Crippen LogP contribution in [0, 0.1) is 0 Å². The van der Waals surface area contributed by atoms with Crippen molar-refractivity contribution in [2.45, 2.75) is 31.5 Å². The summed E-state index contributed by atoms with van der Waals surface area (Å²) in [4.78, 5) is 10.4. The molecule has 2 atom stereocenters. The lowest BCUT2D eigenvalue weighted by molar-refractivity contribution is -0.274. The first-order valence-corrected chi connectivity index (χ1v) is 9.07. The molecule has 5 nitrogen and oxygen atoms in total. The van der Waals surface area contributed by atoms with Crippen molar-refractivity contribution >= 4 is 17.4 Å². The Hall–Kier alpha value is -2.13. The van der Waals surface area contributed by atoms with E-state index in [1.165, 1.54) is 24.3 Å². The SMILES string of the molecule is FC1CCN(c2nc(Cl)nc3c2COCC3c2ccc(OC(F)(F)F)cc2)C1. The lowest BCUT2D eigenvalue weighted by Gasteiger charge is -2.29. The zero-order valence-electron chi connectivity index (χ0n) is 14.5. The Bertz CT molecular complexity index is 863. The number of aromatic nitrogens is 2. The van der Waals surface area contributed by atoms with Gasteiger partial charge in [0.2, 0.25) is 5.28 Å². The first-order valence-electron chi connectivity index (χ1n) is 8.69. The van der Waals surface area contributed by atoms with E-state index in [1.807, 2.05) is 4.90 Å². The molecule has 0 spiro atoms. The number of anilines is 1. The van der Waals surface area contributed by atoms with Gasteiger partial charge < -0.3 is 14.4 Å². The van der Waals surface area contributed by atoms with E-state index in [2.05, 4.69) is 14.7 Å². The smallest absolute Gasteiger partial charge is 0.406 e. The van der Waals surface area contributed by atoms with E-state index < -0.39 is 12.5 Å². The molecule has 2 aromatic rings. The fourth-order valence-electron chi connectivity index (χ4n) is 3.57. The fraction of sp³-hybridized carbons (Fsp3) is 0.444. The van der Waals surface area contributed by atoms with E-state index >= 15 is 0 Å². The number of fused-ring (bicyclic) bond motifs is 1. The van der Waals surface area contributed by atoms with Crippen LogP contribution in [-0.4, -0.2) is 42.2 Å². The molecule has 2 unspecified atom stereocenters. The molecule has 2 aliphatic heterocycles. The Labute approximate surface area is 163 Å². The van der Waals surface area contributed by atoms with Crippen LogP contribution in [0.2, 0.25) is 5.28 Å². The Morgan fingerprint density at radius 2 is 1.93 bits per heavy atom. The number of halogens is 5. The predicted octanol–water partition coefficient (Wildman–Crippen LogP) is 4.24. The number of hydrogen-bond acceptors (Lipinski definition) is 5. The van der Waals surface area contributed by atoms with E-state index in [-0.39, 0.29) is 30.1 Å². The van der Waals surface area contributed by atoms with Crippen LogP contribution in [0.5, 0.6) is 5.75 Å². The minimum atomic E-state index is -4.75. The second kappa shape index (κ2) is 7.36. The van der Waals surface area contributed by atoms with Crippen molar-refractivity contribution < 1.29 is 27.0 Å². The zero-order chi connectivity index (χ0) is 19.9. The van der Waals surface area contributed by atoms with Gasteiger partial charge in [-0.25, -0.2) is 14.4 Å². The molecule has 0 amide bonds. The third-order valence-corrected chi connectivity index (χ3v) is 4.97. The first-order chi connectivity index (χ1) is 13.3. The molecular formula is C18H16ClF4N3O2. The normalized spacial score (nSPS) is 22.2. The van der Waals surface area contributed by atoms with Crippen molar-refractivity contribution in [3.8, 4) is 5.75 Å². The Kier molecular flexibility index (Phi) is 5.05. The molecule has 1 saturated heterocycles. The quantitative estimate of drug-likeness (QED) is 0.552. The molecule has 1 fully saturated rings. The van der Waals surface area contributed by atoms with Crippen LogP contribution in [0.25, 0.3) is 0 Å². The minimum absolute atomic E-state index is 0.0417. The minimum Gasteiger partial charge on any atom is -0.406 e. The Morgan fingerprint density at radius 3 is 2.57 bits per heavy atom. The Morgan fingerprint density at radius 1 is 1.18 bits per heavy atom. The summed E-state index contributed by atoms with van der Waals surface area (Å²) in [5.41, 5.74) is 2.08. The second-order valence-electron chi connectivity index (χ2n) is 6.70. The molecule has 1 aromatic carbocycles. The third-order valence-electron chi connectivity index (χ3n) is 4.80. The van der Waals surface area contributed by atoms with Gasteiger partial charge in [-0.15, -0.1) is 13.2 Å². The molecule has 28 heavy (non-hydrogen) atoms. The van der Waals surface area contributed by atoms with E-state index in [4.69, 9.17) is 16.3 Å². The largest absolute Gasteiger partial charge is 0.573 e. The number of hydrogen-bond donors (Lipinski definition) is 0. The molecular weight excluding hydrogens is 402 g/mol. The molecule has 4 rings (SSSR count). The van der Waals surface area contributed by atoms with E-state index in [0.717, 1.165) is 5.56 Å². The highest BCUT2D eigenvalue weighted by Crippen LogP contribution is 2.37. The number of rotatable bonds is 3. The van der Waals surface area contributed by atoms with Crippen LogP contribution in [0.3, 0.4) is 0 Å². The van der Waals surface area contributed by atoms with Gasteiger partial charge in [0.05, 0.1) is 31.4 Å². The van der Waals surface area contributed by atoms with Crippen LogP contribution in [0.1, 0.15) is 29.2 Å². The van der Waals surface area contributed by atoms with Gasteiger partial charge in [0.25, 0.3) is 0 Å². The number of alkyl halides is 4. The summed E-state index contributed by atoms with van der Waals surface area (Å²) >= 11 is 6.12. The molecule has 0 saturated carbocycles. The zero-order valence-corrected chi connectivity index (χ0v) is 15.3. The van der Waals surface area contributed by atoms with Crippen molar-refractivity contribution in [2.75, 3.05) is 24.6 Å². The molecule has 1 aromatic heterocycles. The molecule has 150 valence electrons. The maximum atomic E-state index is 13.6. The number of ether oxygens (including phenoxy) is 2. The maximum Gasteiger partial charge on any atom is 0.573 e. The van der Waals surface area contributed by atoms with Gasteiger partial charge in [0.15, 0.2) is 0 Å². The monoisotopic (exact) mass is 417 g/mol. The van der Waals surface area contributed by atoms with Gasteiger partial charge in [-0.1, -0.05) is 12.1 Å². The topological polar surface area (TPSA) is 47.5 Å². The molecule has 0 aliphatic carbocycles. The second-order valence-corrected chi connectivity index (χ2v) is 7.03. The van der Waals surface area contributed by atoms with Crippen LogP contribution in [0.4, 0.5) is 23.4 Å². The maximum absolute atomic E-state index is 13.6. The molecule has 2 aliphatic rings. The van der Waals surface area contributed by atoms with Crippen molar-refractivity contribution in [2.24, 2.45) is 0 Å². The van der Waals surface area contributed by atoms with Gasteiger partial charge in [0, 0.05) is 12.1 Å². The highest BCUT2D eigenvalue weighted by Gasteiger charge is 2.33. The van der Waals surface area contributed by atoms with Crippen molar-refractivity contribution in [3.63, 3.8) is 0 Å². The van der Waals surface area contributed by atoms with E-state index in [9.17, 15) is 17.6 Å². The lowest BCUT2D eigenvalue weighted by Crippen LogP contribution is -2.27. The molecule has 0 radical (unpaired) electrons. The summed E-state index contributed by atoms with van der Waals surface area (Å²) < 4.78 is 60.3. The molecule has 0 N–H and O–H groups in total. The molecule has 10 heteroatoms. The predicted molar refractivity (Wildman–Crippen MR) is 93.4 cm³/mol. The first kappa shape index (κ1) is 19.2. The average Bonchev–Trinajstić information content (AvgIpc) is 3.06. The highest BCUT2D eigenvalue weighted by molar-refractivity contribution is 6.28. The fourth-order valence-corrected chi connectivity index (χ4v) is 3.74. The van der Waals surface area contributed by atoms with Gasteiger partial charge in [-0.05, 0) is 35.7 Å². The van der Waals surface area contributed by atoms with E-state index in [1.54, 1.807) is 0 Å². The van der Waals surface area contributed by atoms with Gasteiger partial charge in [0.1, 0.15) is 17.7 Å². The lowest BCUT2D eigenvalue weighted by atomic mass is 9.91. The van der Waals surface area contributed by atoms with Crippen LogP contribution < -0.4 is 9.64 Å². The number of nitrogens with zero attached hydrogens (tertiary/aromatic N) is 3. The summed E-state index contributed by atoms with van der Waals surface area (Å²) in [6.07, 6.45) is -5.26. The van der Waals surface area contributed by atoms with Gasteiger partial charge in [-0.3, -0.25) is 0 Å². The summed E-state index contributed by atoms with van der Waals surface area (Å²) in [6, 6.07) is 5.56. The van der Waals surface area contributed by atoms with E-state index in [0.29, 0.717) is 36.6 Å². The molecule has 3 heterocycles. The van der Waals surface area contributed by atoms with Crippen molar-refractivity contribution in [1.29, 1.82) is 0 Å². The van der Waals surface area contributed by atoms with Crippen LogP contribution >= 0.6 is 11.6 Å². The van der Waals surface area contributed by atoms with Gasteiger partial charge >= 0.3 is 6.36 Å². The standard InChI is InChI=1S/C18H16ClF4N3O2/c19-17-24-15-13(10-1-3-12(4-2-10)28-18(21,22)23)8-27-9-14(15)16(25-17)26-6-5-11(20)7-26/h1-4,11,13H,5-9H2. The van der Waals surface area contributed by atoms with Crippen LogP contribution in [-0.2, 0) is 11.3 Å². The van der Waals surface area contributed by atoms with Gasteiger partial charge in [-0.2, -0.15) is 0 Å². The van der Waals surface area contributed by atoms with Crippen LogP contribution in [0.15, 0.2) is 24.3 Å². The van der Waals surface area contributed by atoms with Crippen molar-refractivity contribution in [3.05, 3.63) is 46.4 Å². The highest BCUT2D eigenvalue weighted by atomic mass is 35.5. The average molecular weight is 418 g/mol. The third kappa shape index (κ3) is 4.00. The Balaban J connectivity index is 1.66.